The minimum Gasteiger partial charge on any atom is -0.393 e. The molecule has 1 aliphatic rings. The van der Waals surface area contributed by atoms with Crippen LogP contribution in [-0.2, 0) is 0 Å². The summed E-state index contributed by atoms with van der Waals surface area (Å²) in [6.07, 6.45) is 6.68. The molecule has 1 aromatic heterocycles. The SMILES string of the molecule is CC(C)N(C=Nc1ncc(C#Cc2ccc(Cl)cc2)c(N[C@H]2CC[C@H](O)CC2)n1)C(C)C. The zero-order valence-corrected chi connectivity index (χ0v) is 20.0. The minimum atomic E-state index is -0.208. The zero-order chi connectivity index (χ0) is 23.1. The van der Waals surface area contributed by atoms with Crippen LogP contribution in [-0.4, -0.2) is 50.5 Å². The number of hydrogen-bond acceptors (Lipinski definition) is 5. The van der Waals surface area contributed by atoms with Gasteiger partial charge in [0.1, 0.15) is 5.82 Å². The van der Waals surface area contributed by atoms with Crippen molar-refractivity contribution in [3.8, 4) is 11.8 Å². The normalized spacial score (nSPS) is 18.6. The monoisotopic (exact) mass is 453 g/mol. The van der Waals surface area contributed by atoms with Crippen LogP contribution >= 0.6 is 11.6 Å². The van der Waals surface area contributed by atoms with E-state index >= 15 is 0 Å². The molecule has 2 N–H and O–H groups in total. The summed E-state index contributed by atoms with van der Waals surface area (Å²) in [7, 11) is 0. The molecule has 0 bridgehead atoms. The Kier molecular flexibility index (Phi) is 8.49. The van der Waals surface area contributed by atoms with E-state index in [-0.39, 0.29) is 12.1 Å². The highest BCUT2D eigenvalue weighted by Gasteiger charge is 2.20. The van der Waals surface area contributed by atoms with Gasteiger partial charge < -0.3 is 15.3 Å². The molecule has 7 heteroatoms. The van der Waals surface area contributed by atoms with E-state index < -0.39 is 0 Å². The minimum absolute atomic E-state index is 0.208. The van der Waals surface area contributed by atoms with E-state index in [1.54, 1.807) is 6.20 Å². The molecule has 0 aliphatic heterocycles. The second-order valence-electron chi connectivity index (χ2n) is 8.72. The highest BCUT2D eigenvalue weighted by Crippen LogP contribution is 2.24. The lowest BCUT2D eigenvalue weighted by molar-refractivity contribution is 0.126. The number of rotatable bonds is 6. The standard InChI is InChI=1S/C25H32ClN5O/c1-17(2)31(18(3)4)16-28-25-27-15-20(8-5-19-6-9-21(26)10-7-19)24(30-25)29-22-11-13-23(32)14-12-22/h6-7,9-10,15-18,22-23,32H,11-14H2,1-4H3,(H,27,29,30)/t22-,23-. The summed E-state index contributed by atoms with van der Waals surface area (Å²) < 4.78 is 0. The predicted molar refractivity (Wildman–Crippen MR) is 132 cm³/mol. The molecule has 32 heavy (non-hydrogen) atoms. The first-order valence-electron chi connectivity index (χ1n) is 11.2. The number of anilines is 1. The first-order chi connectivity index (χ1) is 15.3. The lowest BCUT2D eigenvalue weighted by Gasteiger charge is -2.28. The Bertz CT molecular complexity index is 962. The van der Waals surface area contributed by atoms with E-state index in [9.17, 15) is 5.11 Å². The molecule has 1 aliphatic carbocycles. The average molecular weight is 454 g/mol. The van der Waals surface area contributed by atoms with Crippen LogP contribution in [0.4, 0.5) is 11.8 Å². The van der Waals surface area contributed by atoms with Gasteiger partial charge in [0, 0.05) is 28.7 Å². The number of hydrogen-bond donors (Lipinski definition) is 2. The number of aliphatic hydroxyl groups excluding tert-OH is 1. The second kappa shape index (κ2) is 11.3. The van der Waals surface area contributed by atoms with Crippen molar-refractivity contribution in [1.29, 1.82) is 0 Å². The molecule has 0 unspecified atom stereocenters. The van der Waals surface area contributed by atoms with E-state index in [4.69, 9.17) is 11.6 Å². The van der Waals surface area contributed by atoms with Gasteiger partial charge in [-0.1, -0.05) is 23.4 Å². The Morgan fingerprint density at radius 2 is 1.75 bits per heavy atom. The van der Waals surface area contributed by atoms with E-state index in [0.29, 0.717) is 28.9 Å². The number of benzene rings is 1. The van der Waals surface area contributed by atoms with Crippen LogP contribution in [0.3, 0.4) is 0 Å². The molecule has 2 aromatic rings. The van der Waals surface area contributed by atoms with Crippen LogP contribution in [0.15, 0.2) is 35.5 Å². The number of aliphatic hydroxyl groups is 1. The van der Waals surface area contributed by atoms with Crippen molar-refractivity contribution in [1.82, 2.24) is 14.9 Å². The summed E-state index contributed by atoms with van der Waals surface area (Å²) >= 11 is 5.97. The number of nitrogens with one attached hydrogen (secondary N) is 1. The first-order valence-corrected chi connectivity index (χ1v) is 11.6. The lowest BCUT2D eigenvalue weighted by Crippen LogP contribution is -2.35. The van der Waals surface area contributed by atoms with Gasteiger partial charge in [-0.15, -0.1) is 0 Å². The molecule has 170 valence electrons. The third-order valence-electron chi connectivity index (χ3n) is 5.50. The molecular formula is C25H32ClN5O. The van der Waals surface area contributed by atoms with Gasteiger partial charge in [0.05, 0.1) is 24.2 Å². The van der Waals surface area contributed by atoms with Crippen LogP contribution < -0.4 is 5.32 Å². The Balaban J connectivity index is 1.87. The van der Waals surface area contributed by atoms with Gasteiger partial charge in [-0.05, 0) is 77.6 Å². The molecule has 0 saturated heterocycles. The fourth-order valence-corrected chi connectivity index (χ4v) is 3.83. The maximum absolute atomic E-state index is 9.82. The molecular weight excluding hydrogens is 422 g/mol. The van der Waals surface area contributed by atoms with Crippen molar-refractivity contribution in [2.45, 2.75) is 77.6 Å². The van der Waals surface area contributed by atoms with Crippen LogP contribution in [0.2, 0.25) is 5.02 Å². The van der Waals surface area contributed by atoms with E-state index in [1.165, 1.54) is 0 Å². The molecule has 1 fully saturated rings. The fraction of sp³-hybridized carbons (Fsp3) is 0.480. The molecule has 1 aromatic carbocycles. The highest BCUT2D eigenvalue weighted by molar-refractivity contribution is 6.30. The zero-order valence-electron chi connectivity index (χ0n) is 19.2. The summed E-state index contributed by atoms with van der Waals surface area (Å²) in [5, 5.41) is 14.0. The van der Waals surface area contributed by atoms with Crippen molar-refractivity contribution in [3.05, 3.63) is 46.6 Å². The molecule has 0 radical (unpaired) electrons. The largest absolute Gasteiger partial charge is 0.393 e. The van der Waals surface area contributed by atoms with Gasteiger partial charge in [0.15, 0.2) is 0 Å². The highest BCUT2D eigenvalue weighted by atomic mass is 35.5. The number of halogens is 1. The number of nitrogens with zero attached hydrogens (tertiary/aromatic N) is 4. The second-order valence-corrected chi connectivity index (χ2v) is 9.15. The molecule has 0 atom stereocenters. The maximum atomic E-state index is 9.82. The lowest BCUT2D eigenvalue weighted by atomic mass is 9.93. The van der Waals surface area contributed by atoms with Crippen molar-refractivity contribution in [3.63, 3.8) is 0 Å². The smallest absolute Gasteiger partial charge is 0.252 e. The molecule has 1 heterocycles. The van der Waals surface area contributed by atoms with Crippen molar-refractivity contribution >= 4 is 29.7 Å². The summed E-state index contributed by atoms with van der Waals surface area (Å²) in [6, 6.07) is 8.31. The Morgan fingerprint density at radius 1 is 1.09 bits per heavy atom. The molecule has 1 saturated carbocycles. The summed E-state index contributed by atoms with van der Waals surface area (Å²) in [5.41, 5.74) is 1.59. The van der Waals surface area contributed by atoms with Crippen molar-refractivity contribution < 1.29 is 5.11 Å². The fourth-order valence-electron chi connectivity index (χ4n) is 3.70. The van der Waals surface area contributed by atoms with Crippen LogP contribution in [0, 0.1) is 11.8 Å². The van der Waals surface area contributed by atoms with Gasteiger partial charge >= 0.3 is 0 Å². The summed E-state index contributed by atoms with van der Waals surface area (Å²) in [6.45, 7) is 8.53. The predicted octanol–water partition coefficient (Wildman–Crippen LogP) is 5.02. The van der Waals surface area contributed by atoms with Gasteiger partial charge in [-0.25, -0.2) is 9.98 Å². The molecule has 0 amide bonds. The van der Waals surface area contributed by atoms with Crippen molar-refractivity contribution in [2.24, 2.45) is 4.99 Å². The topological polar surface area (TPSA) is 73.6 Å². The Morgan fingerprint density at radius 3 is 2.38 bits per heavy atom. The quantitative estimate of drug-likeness (QED) is 0.365. The number of aromatic nitrogens is 2. The molecule has 0 spiro atoms. The first kappa shape index (κ1) is 24.0. The van der Waals surface area contributed by atoms with E-state index in [2.05, 4.69) is 64.7 Å². The summed E-state index contributed by atoms with van der Waals surface area (Å²) in [4.78, 5) is 15.8. The van der Waals surface area contributed by atoms with Gasteiger partial charge in [0.25, 0.3) is 5.95 Å². The summed E-state index contributed by atoms with van der Waals surface area (Å²) in [5.74, 6) is 7.41. The maximum Gasteiger partial charge on any atom is 0.252 e. The van der Waals surface area contributed by atoms with Gasteiger partial charge in [-0.2, -0.15) is 4.98 Å². The third kappa shape index (κ3) is 6.94. The molecule has 6 nitrogen and oxygen atoms in total. The molecule has 3 rings (SSSR count). The van der Waals surface area contributed by atoms with Gasteiger partial charge in [-0.3, -0.25) is 0 Å². The van der Waals surface area contributed by atoms with Crippen LogP contribution in [0.5, 0.6) is 0 Å². The van der Waals surface area contributed by atoms with Crippen molar-refractivity contribution in [2.75, 3.05) is 5.32 Å². The Hall–Kier alpha value is -2.62. The number of aliphatic imine (C=N–C) groups is 1. The Labute approximate surface area is 196 Å². The van der Waals surface area contributed by atoms with E-state index in [0.717, 1.165) is 36.8 Å². The van der Waals surface area contributed by atoms with E-state index in [1.807, 2.05) is 30.6 Å². The van der Waals surface area contributed by atoms with Crippen LogP contribution in [0.1, 0.15) is 64.5 Å². The van der Waals surface area contributed by atoms with Crippen LogP contribution in [0.25, 0.3) is 0 Å². The average Bonchev–Trinajstić information content (AvgIpc) is 2.75. The third-order valence-corrected chi connectivity index (χ3v) is 5.75. The van der Waals surface area contributed by atoms with Gasteiger partial charge in [0.2, 0.25) is 0 Å².